The van der Waals surface area contributed by atoms with Crippen molar-refractivity contribution < 1.29 is 34.5 Å². The van der Waals surface area contributed by atoms with Gasteiger partial charge in [0, 0.05) is 6.54 Å². The highest BCUT2D eigenvalue weighted by molar-refractivity contribution is 5.94. The van der Waals surface area contributed by atoms with E-state index in [9.17, 15) is 24.3 Å². The van der Waals surface area contributed by atoms with Crippen LogP contribution >= 0.6 is 0 Å². The number of hydrogen-bond donors (Lipinski definition) is 6. The van der Waals surface area contributed by atoms with Crippen LogP contribution in [0.15, 0.2) is 0 Å². The van der Waals surface area contributed by atoms with Crippen LogP contribution in [0.4, 0.5) is 0 Å². The summed E-state index contributed by atoms with van der Waals surface area (Å²) in [5, 5.41) is 32.3. The molecule has 148 valence electrons. The largest absolute Gasteiger partial charge is 0.480 e. The lowest BCUT2D eigenvalue weighted by Crippen LogP contribution is -2.59. The Balaban J connectivity index is 2.74. The van der Waals surface area contributed by atoms with E-state index in [2.05, 4.69) is 10.6 Å². The summed E-state index contributed by atoms with van der Waals surface area (Å²) in [6, 6.07) is -4.63. The van der Waals surface area contributed by atoms with Gasteiger partial charge < -0.3 is 36.6 Å². The Morgan fingerprint density at radius 1 is 1.19 bits per heavy atom. The first-order valence-corrected chi connectivity index (χ1v) is 8.28. The summed E-state index contributed by atoms with van der Waals surface area (Å²) in [6.45, 7) is 2.29. The van der Waals surface area contributed by atoms with Crippen LogP contribution in [0.3, 0.4) is 0 Å². The Hall–Kier alpha value is -2.24. The molecule has 1 fully saturated rings. The first-order valence-electron chi connectivity index (χ1n) is 8.28. The van der Waals surface area contributed by atoms with Crippen molar-refractivity contribution in [3.05, 3.63) is 0 Å². The molecule has 0 bridgehead atoms. The smallest absolute Gasteiger partial charge is 0.326 e. The summed E-state index contributed by atoms with van der Waals surface area (Å²) in [7, 11) is 0. The number of nitrogens with one attached hydrogen (secondary N) is 2. The molecule has 7 N–H and O–H groups in total. The maximum absolute atomic E-state index is 12.4. The van der Waals surface area contributed by atoms with Crippen molar-refractivity contribution in [3.8, 4) is 0 Å². The predicted molar refractivity (Wildman–Crippen MR) is 88.6 cm³/mol. The maximum atomic E-state index is 12.4. The zero-order chi connectivity index (χ0) is 20.0. The van der Waals surface area contributed by atoms with Crippen LogP contribution in [-0.4, -0.2) is 87.3 Å². The van der Waals surface area contributed by atoms with Gasteiger partial charge in [-0.2, -0.15) is 0 Å². The normalized spacial score (nSPS) is 21.4. The molecule has 11 heteroatoms. The Morgan fingerprint density at radius 2 is 1.81 bits per heavy atom. The lowest BCUT2D eigenvalue weighted by Gasteiger charge is -2.27. The number of carbonyl (C=O) groups is 4. The third kappa shape index (κ3) is 5.38. The summed E-state index contributed by atoms with van der Waals surface area (Å²) in [4.78, 5) is 48.8. The number of carboxylic acid groups (broad SMARTS) is 1. The molecule has 1 rings (SSSR count). The minimum absolute atomic E-state index is 0.276. The summed E-state index contributed by atoms with van der Waals surface area (Å²) in [6.07, 6.45) is -0.396. The van der Waals surface area contributed by atoms with Crippen LogP contribution < -0.4 is 16.4 Å². The third-order valence-corrected chi connectivity index (χ3v) is 4.15. The van der Waals surface area contributed by atoms with Gasteiger partial charge in [-0.3, -0.25) is 14.4 Å². The van der Waals surface area contributed by atoms with E-state index in [0.29, 0.717) is 12.8 Å². The summed E-state index contributed by atoms with van der Waals surface area (Å²) >= 11 is 0. The van der Waals surface area contributed by atoms with Gasteiger partial charge in [0.15, 0.2) is 0 Å². The predicted octanol–water partition coefficient (Wildman–Crippen LogP) is -3.25. The number of nitrogens with two attached hydrogens (primary N) is 1. The molecule has 0 aromatic rings. The molecule has 0 aromatic carbocycles. The van der Waals surface area contributed by atoms with Crippen LogP contribution in [0.1, 0.15) is 26.7 Å². The molecule has 0 saturated carbocycles. The van der Waals surface area contributed by atoms with Crippen molar-refractivity contribution in [3.63, 3.8) is 0 Å². The van der Waals surface area contributed by atoms with Crippen molar-refractivity contribution in [1.29, 1.82) is 0 Å². The number of likely N-dealkylation sites (tertiary alicyclic amines) is 1. The van der Waals surface area contributed by atoms with E-state index in [0.717, 1.165) is 0 Å². The molecule has 1 aliphatic rings. The molecule has 3 amide bonds. The lowest BCUT2D eigenvalue weighted by molar-refractivity contribution is -0.149. The number of hydrogen-bond acceptors (Lipinski definition) is 7. The SMILES string of the molecule is CC(NC(=O)C(NC(=O)C(N)CO)C(C)O)C(=O)N1CCCC1C(=O)O. The van der Waals surface area contributed by atoms with E-state index in [1.807, 2.05) is 0 Å². The van der Waals surface area contributed by atoms with Crippen LogP contribution in [0.25, 0.3) is 0 Å². The van der Waals surface area contributed by atoms with E-state index in [1.54, 1.807) is 0 Å². The van der Waals surface area contributed by atoms with E-state index < -0.39 is 60.6 Å². The first kappa shape index (κ1) is 21.8. The van der Waals surface area contributed by atoms with Gasteiger partial charge in [-0.15, -0.1) is 0 Å². The minimum atomic E-state index is -1.39. The van der Waals surface area contributed by atoms with Gasteiger partial charge in [0.05, 0.1) is 12.7 Å². The molecule has 1 heterocycles. The molecule has 5 unspecified atom stereocenters. The number of amides is 3. The van der Waals surface area contributed by atoms with Crippen LogP contribution in [-0.2, 0) is 19.2 Å². The zero-order valence-corrected chi connectivity index (χ0v) is 14.7. The molecular weight excluding hydrogens is 348 g/mol. The zero-order valence-electron chi connectivity index (χ0n) is 14.7. The number of carbonyl (C=O) groups excluding carboxylic acids is 3. The number of carboxylic acids is 1. The number of aliphatic hydroxyl groups is 2. The molecule has 1 aliphatic heterocycles. The molecule has 0 radical (unpaired) electrons. The van der Waals surface area contributed by atoms with Gasteiger partial charge in [-0.1, -0.05) is 0 Å². The summed E-state index contributed by atoms with van der Waals surface area (Å²) < 4.78 is 0. The second-order valence-electron chi connectivity index (χ2n) is 6.27. The van der Waals surface area contributed by atoms with Crippen LogP contribution in [0, 0.1) is 0 Å². The second-order valence-corrected chi connectivity index (χ2v) is 6.27. The topological polar surface area (TPSA) is 182 Å². The van der Waals surface area contributed by atoms with Crippen molar-refractivity contribution in [2.75, 3.05) is 13.2 Å². The van der Waals surface area contributed by atoms with E-state index in [-0.39, 0.29) is 6.54 Å². The molecule has 1 saturated heterocycles. The van der Waals surface area contributed by atoms with Crippen LogP contribution in [0.5, 0.6) is 0 Å². The average molecular weight is 374 g/mol. The molecule has 0 aromatic heterocycles. The van der Waals surface area contributed by atoms with Gasteiger partial charge in [-0.25, -0.2) is 4.79 Å². The highest BCUT2D eigenvalue weighted by Crippen LogP contribution is 2.18. The molecule has 0 aliphatic carbocycles. The van der Waals surface area contributed by atoms with Gasteiger partial charge in [0.1, 0.15) is 24.2 Å². The Labute approximate surface area is 150 Å². The molecule has 11 nitrogen and oxygen atoms in total. The fourth-order valence-corrected chi connectivity index (χ4v) is 2.65. The fourth-order valence-electron chi connectivity index (χ4n) is 2.65. The van der Waals surface area contributed by atoms with E-state index >= 15 is 0 Å². The maximum Gasteiger partial charge on any atom is 0.326 e. The third-order valence-electron chi connectivity index (χ3n) is 4.15. The molecule has 5 atom stereocenters. The molecule has 26 heavy (non-hydrogen) atoms. The van der Waals surface area contributed by atoms with Crippen molar-refractivity contribution in [2.45, 2.75) is 57.0 Å². The molecule has 0 spiro atoms. The van der Waals surface area contributed by atoms with Gasteiger partial charge in [0.25, 0.3) is 0 Å². The van der Waals surface area contributed by atoms with Gasteiger partial charge in [-0.05, 0) is 26.7 Å². The van der Waals surface area contributed by atoms with Crippen molar-refractivity contribution >= 4 is 23.7 Å². The minimum Gasteiger partial charge on any atom is -0.480 e. The van der Waals surface area contributed by atoms with Crippen LogP contribution in [0.2, 0.25) is 0 Å². The summed E-state index contributed by atoms with van der Waals surface area (Å²) in [5.41, 5.74) is 5.35. The molecular formula is C15H26N4O7. The number of aliphatic carboxylic acids is 1. The van der Waals surface area contributed by atoms with Gasteiger partial charge >= 0.3 is 5.97 Å². The number of rotatable bonds is 8. The monoisotopic (exact) mass is 374 g/mol. The Bertz CT molecular complexity index is 554. The Kier molecular flexibility index (Phi) is 7.93. The van der Waals surface area contributed by atoms with Crippen molar-refractivity contribution in [2.24, 2.45) is 5.73 Å². The standard InChI is InChI=1S/C15H26N4O7/c1-7(14(24)19-5-3-4-10(19)15(25)26)17-13(23)11(8(2)21)18-12(22)9(16)6-20/h7-11,20-21H,3-6,16H2,1-2H3,(H,17,23)(H,18,22)(H,25,26). The second kappa shape index (κ2) is 9.46. The van der Waals surface area contributed by atoms with E-state index in [4.69, 9.17) is 15.9 Å². The first-order chi connectivity index (χ1) is 12.1. The highest BCUT2D eigenvalue weighted by Gasteiger charge is 2.37. The highest BCUT2D eigenvalue weighted by atomic mass is 16.4. The summed E-state index contributed by atoms with van der Waals surface area (Å²) in [5.74, 6) is -3.34. The quantitative estimate of drug-likeness (QED) is 0.256. The lowest BCUT2D eigenvalue weighted by atomic mass is 10.1. The Morgan fingerprint density at radius 3 is 2.31 bits per heavy atom. The number of nitrogens with zero attached hydrogens (tertiary/aromatic N) is 1. The van der Waals surface area contributed by atoms with Crippen molar-refractivity contribution in [1.82, 2.24) is 15.5 Å². The van der Waals surface area contributed by atoms with Gasteiger partial charge in [0.2, 0.25) is 17.7 Å². The number of aliphatic hydroxyl groups excluding tert-OH is 2. The van der Waals surface area contributed by atoms with E-state index in [1.165, 1.54) is 18.7 Å². The fraction of sp³-hybridized carbons (Fsp3) is 0.733. The average Bonchev–Trinajstić information content (AvgIpc) is 3.07.